The largest absolute Gasteiger partial charge is 0.507 e. The van der Waals surface area contributed by atoms with E-state index < -0.39 is 5.97 Å². The topological polar surface area (TPSA) is 92.4 Å². The first kappa shape index (κ1) is 16.5. The molecule has 4 rings (SSSR count). The molecule has 1 aliphatic rings. The molecule has 7 heteroatoms. The van der Waals surface area contributed by atoms with Crippen molar-refractivity contribution in [3.8, 4) is 5.75 Å². The number of carboxylic acid groups (broad SMARTS) is 1. The first-order valence-corrected chi connectivity index (χ1v) is 8.96. The molecule has 0 fully saturated rings. The lowest BCUT2D eigenvalue weighted by Crippen LogP contribution is -2.20. The van der Waals surface area contributed by atoms with E-state index in [-0.39, 0.29) is 16.9 Å². The number of fused-ring (bicyclic) bond motifs is 2. The summed E-state index contributed by atoms with van der Waals surface area (Å²) in [6.07, 6.45) is 2.48. The number of carboxylic acids is 1. The molecular formula is C19H16N2O4S. The van der Waals surface area contributed by atoms with Gasteiger partial charge in [-0.2, -0.15) is 0 Å². The summed E-state index contributed by atoms with van der Waals surface area (Å²) < 4.78 is 1.69. The van der Waals surface area contributed by atoms with Gasteiger partial charge in [0, 0.05) is 11.4 Å². The van der Waals surface area contributed by atoms with Crippen molar-refractivity contribution >= 4 is 39.2 Å². The molecule has 1 aliphatic heterocycles. The van der Waals surface area contributed by atoms with E-state index in [9.17, 15) is 14.7 Å². The van der Waals surface area contributed by atoms with Gasteiger partial charge in [-0.3, -0.25) is 9.36 Å². The van der Waals surface area contributed by atoms with E-state index in [1.54, 1.807) is 10.6 Å². The molecule has 0 amide bonds. The number of hydrogen-bond donors (Lipinski definition) is 2. The Morgan fingerprint density at radius 3 is 2.85 bits per heavy atom. The number of aromatic hydroxyl groups is 1. The first-order valence-electron chi connectivity index (χ1n) is 8.14. The van der Waals surface area contributed by atoms with Gasteiger partial charge < -0.3 is 10.2 Å². The van der Waals surface area contributed by atoms with E-state index in [1.165, 1.54) is 23.5 Å². The van der Waals surface area contributed by atoms with Crippen LogP contribution in [0.1, 0.15) is 38.6 Å². The van der Waals surface area contributed by atoms with Crippen LogP contribution in [-0.4, -0.2) is 25.7 Å². The van der Waals surface area contributed by atoms with E-state index >= 15 is 0 Å². The quantitative estimate of drug-likeness (QED) is 0.723. The van der Waals surface area contributed by atoms with E-state index in [2.05, 4.69) is 0 Å². The van der Waals surface area contributed by atoms with Crippen LogP contribution in [0, 0.1) is 13.8 Å². The summed E-state index contributed by atoms with van der Waals surface area (Å²) in [5.41, 5.74) is 2.35. The minimum absolute atomic E-state index is 0.0211. The van der Waals surface area contributed by atoms with E-state index in [0.717, 1.165) is 20.8 Å². The van der Waals surface area contributed by atoms with Crippen molar-refractivity contribution < 1.29 is 15.0 Å². The number of phenols is 1. The second-order valence-corrected chi connectivity index (χ2v) is 7.56. The fourth-order valence-corrected chi connectivity index (χ4v) is 4.30. The molecule has 0 saturated carbocycles. The van der Waals surface area contributed by atoms with Crippen molar-refractivity contribution in [1.82, 2.24) is 9.55 Å². The van der Waals surface area contributed by atoms with Crippen molar-refractivity contribution in [3.05, 3.63) is 55.9 Å². The fraction of sp³-hybridized carbons (Fsp3) is 0.211. The van der Waals surface area contributed by atoms with Crippen LogP contribution in [0.5, 0.6) is 5.75 Å². The molecule has 2 N–H and O–H groups in total. The van der Waals surface area contributed by atoms with Gasteiger partial charge in [-0.15, -0.1) is 11.3 Å². The van der Waals surface area contributed by atoms with Gasteiger partial charge in [0.15, 0.2) is 0 Å². The summed E-state index contributed by atoms with van der Waals surface area (Å²) in [5, 5.41) is 19.5. The number of carbonyl (C=O) groups is 1. The fourth-order valence-electron chi connectivity index (χ4n) is 3.28. The maximum atomic E-state index is 12.8. The number of rotatable bonds is 2. The van der Waals surface area contributed by atoms with Gasteiger partial charge >= 0.3 is 5.97 Å². The minimum Gasteiger partial charge on any atom is -0.507 e. The molecular weight excluding hydrogens is 352 g/mol. The monoisotopic (exact) mass is 368 g/mol. The number of aromatic nitrogens is 2. The number of benzene rings is 1. The molecule has 0 aliphatic carbocycles. The SMILES string of the molecule is Cc1sc2nc3n(c(=O)c2c1C)CC/C3=C\c1ccc(O)c(C(=O)O)c1. The van der Waals surface area contributed by atoms with Crippen LogP contribution in [-0.2, 0) is 6.54 Å². The summed E-state index contributed by atoms with van der Waals surface area (Å²) in [6.45, 7) is 4.48. The number of hydrogen-bond acceptors (Lipinski definition) is 5. The predicted molar refractivity (Wildman–Crippen MR) is 101 cm³/mol. The molecule has 6 nitrogen and oxygen atoms in total. The molecule has 26 heavy (non-hydrogen) atoms. The van der Waals surface area contributed by atoms with Crippen molar-refractivity contribution in [3.63, 3.8) is 0 Å². The molecule has 3 heterocycles. The van der Waals surface area contributed by atoms with Crippen LogP contribution >= 0.6 is 11.3 Å². The second-order valence-electron chi connectivity index (χ2n) is 6.36. The van der Waals surface area contributed by atoms with E-state index in [1.807, 2.05) is 19.9 Å². The Hall–Kier alpha value is -2.93. The van der Waals surface area contributed by atoms with Crippen LogP contribution in [0.4, 0.5) is 0 Å². The molecule has 0 saturated heterocycles. The third kappa shape index (κ3) is 2.43. The maximum Gasteiger partial charge on any atom is 0.339 e. The Kier molecular flexibility index (Phi) is 3.69. The average molecular weight is 368 g/mol. The lowest BCUT2D eigenvalue weighted by atomic mass is 10.1. The number of aromatic carboxylic acids is 1. The van der Waals surface area contributed by atoms with Gasteiger partial charge in [0.1, 0.15) is 22.0 Å². The van der Waals surface area contributed by atoms with Crippen molar-refractivity contribution in [2.24, 2.45) is 0 Å². The van der Waals surface area contributed by atoms with Crippen LogP contribution in [0.15, 0.2) is 23.0 Å². The third-order valence-electron chi connectivity index (χ3n) is 4.77. The second kappa shape index (κ2) is 5.81. The van der Waals surface area contributed by atoms with E-state index in [4.69, 9.17) is 10.1 Å². The Morgan fingerprint density at radius 1 is 1.35 bits per heavy atom. The molecule has 0 unspecified atom stereocenters. The molecule has 0 bridgehead atoms. The Morgan fingerprint density at radius 2 is 2.12 bits per heavy atom. The summed E-state index contributed by atoms with van der Waals surface area (Å²) in [5.74, 6) is -0.823. The number of aryl methyl sites for hydroxylation is 2. The van der Waals surface area contributed by atoms with Crippen LogP contribution < -0.4 is 5.56 Å². The minimum atomic E-state index is -1.19. The summed E-state index contributed by atoms with van der Waals surface area (Å²) in [4.78, 5) is 30.6. The first-order chi connectivity index (χ1) is 12.4. The Bertz CT molecular complexity index is 1170. The third-order valence-corrected chi connectivity index (χ3v) is 5.87. The number of allylic oxidation sites excluding steroid dienone is 1. The Balaban J connectivity index is 1.87. The molecule has 2 aromatic heterocycles. The average Bonchev–Trinajstić information content (AvgIpc) is 3.11. The van der Waals surface area contributed by atoms with Gasteiger partial charge in [0.25, 0.3) is 5.56 Å². The Labute approximate surface area is 152 Å². The highest BCUT2D eigenvalue weighted by Gasteiger charge is 2.23. The van der Waals surface area contributed by atoms with Gasteiger partial charge in [0.2, 0.25) is 0 Å². The normalized spacial score (nSPS) is 14.9. The lowest BCUT2D eigenvalue weighted by molar-refractivity contribution is 0.0693. The van der Waals surface area contributed by atoms with E-state index in [0.29, 0.717) is 29.7 Å². The van der Waals surface area contributed by atoms with Crippen molar-refractivity contribution in [2.45, 2.75) is 26.8 Å². The maximum absolute atomic E-state index is 12.8. The zero-order valence-electron chi connectivity index (χ0n) is 14.2. The van der Waals surface area contributed by atoms with Crippen LogP contribution in [0.25, 0.3) is 21.9 Å². The number of thiophene rings is 1. The lowest BCUT2D eigenvalue weighted by Gasteiger charge is -2.04. The van der Waals surface area contributed by atoms with Crippen LogP contribution in [0.2, 0.25) is 0 Å². The number of nitrogens with zero attached hydrogens (tertiary/aromatic N) is 2. The molecule has 0 spiro atoms. The molecule has 0 radical (unpaired) electrons. The predicted octanol–water partition coefficient (Wildman–Crippen LogP) is 3.42. The smallest absolute Gasteiger partial charge is 0.339 e. The highest BCUT2D eigenvalue weighted by molar-refractivity contribution is 7.18. The van der Waals surface area contributed by atoms with Gasteiger partial charge in [0.05, 0.1) is 5.39 Å². The molecule has 132 valence electrons. The molecule has 3 aromatic rings. The highest BCUT2D eigenvalue weighted by atomic mass is 32.1. The zero-order valence-corrected chi connectivity index (χ0v) is 15.1. The molecule has 1 aromatic carbocycles. The molecule has 0 atom stereocenters. The summed E-state index contributed by atoms with van der Waals surface area (Å²) in [7, 11) is 0. The van der Waals surface area contributed by atoms with Gasteiger partial charge in [-0.05, 0) is 55.2 Å². The van der Waals surface area contributed by atoms with Crippen molar-refractivity contribution in [1.29, 1.82) is 0 Å². The highest BCUT2D eigenvalue weighted by Crippen LogP contribution is 2.32. The van der Waals surface area contributed by atoms with Crippen LogP contribution in [0.3, 0.4) is 0 Å². The van der Waals surface area contributed by atoms with Gasteiger partial charge in [-0.1, -0.05) is 6.07 Å². The van der Waals surface area contributed by atoms with Gasteiger partial charge in [-0.25, -0.2) is 9.78 Å². The zero-order chi connectivity index (χ0) is 18.6. The van der Waals surface area contributed by atoms with Crippen molar-refractivity contribution in [2.75, 3.05) is 0 Å². The summed E-state index contributed by atoms with van der Waals surface area (Å²) in [6, 6.07) is 4.43. The summed E-state index contributed by atoms with van der Waals surface area (Å²) >= 11 is 1.51. The standard InChI is InChI=1S/C19H16N2O4S/c1-9-10(2)26-17-15(9)18(23)21-6-5-12(16(21)20-17)7-11-3-4-14(22)13(8-11)19(24)25/h3-4,7-8,22H,5-6H2,1-2H3,(H,24,25)/b12-7+.